The number of carbonyl (C=O) groups is 1. The Morgan fingerprint density at radius 1 is 1.20 bits per heavy atom. The van der Waals surface area contributed by atoms with Crippen LogP contribution in [0.1, 0.15) is 17.5 Å². The first-order valence-corrected chi connectivity index (χ1v) is 7.84. The molecule has 1 aromatic carbocycles. The highest BCUT2D eigenvalue weighted by Crippen LogP contribution is 2.38. The minimum Gasteiger partial charge on any atom is -0.512 e. The van der Waals surface area contributed by atoms with Gasteiger partial charge in [-0.2, -0.15) is 11.3 Å². The van der Waals surface area contributed by atoms with Gasteiger partial charge in [0.05, 0.1) is 5.54 Å². The van der Waals surface area contributed by atoms with Gasteiger partial charge in [-0.15, -0.1) is 0 Å². The average molecular weight is 350 g/mol. The zero-order valence-electron chi connectivity index (χ0n) is 10.5. The summed E-state index contributed by atoms with van der Waals surface area (Å²) in [6.45, 7) is 0. The highest BCUT2D eigenvalue weighted by Gasteiger charge is 2.39. The molecular formula is C15H12BrNO2S. The Kier molecular flexibility index (Phi) is 3.40. The number of carbonyl (C=O) groups excluding carboxylic acids is 1. The maximum atomic E-state index is 11.9. The SMILES string of the molecule is O=C1C=C(O)CC(c2ccc(Br)cc2)(c2ccsc2)N1. The van der Waals surface area contributed by atoms with Crippen molar-refractivity contribution in [3.8, 4) is 0 Å². The highest BCUT2D eigenvalue weighted by atomic mass is 79.9. The molecule has 0 radical (unpaired) electrons. The molecule has 1 atom stereocenters. The van der Waals surface area contributed by atoms with E-state index in [1.807, 2.05) is 41.1 Å². The van der Waals surface area contributed by atoms with Gasteiger partial charge in [0.1, 0.15) is 5.76 Å². The maximum Gasteiger partial charge on any atom is 0.248 e. The van der Waals surface area contributed by atoms with E-state index in [1.54, 1.807) is 11.3 Å². The van der Waals surface area contributed by atoms with E-state index in [1.165, 1.54) is 6.08 Å². The van der Waals surface area contributed by atoms with Gasteiger partial charge < -0.3 is 10.4 Å². The van der Waals surface area contributed by atoms with Crippen LogP contribution in [-0.2, 0) is 10.3 Å². The minimum atomic E-state index is -0.698. The molecule has 1 aliphatic heterocycles. The fourth-order valence-electron chi connectivity index (χ4n) is 2.52. The van der Waals surface area contributed by atoms with Crippen LogP contribution in [-0.4, -0.2) is 11.0 Å². The summed E-state index contributed by atoms with van der Waals surface area (Å²) < 4.78 is 0.976. The number of halogens is 1. The Hall–Kier alpha value is -1.59. The van der Waals surface area contributed by atoms with Crippen molar-refractivity contribution < 1.29 is 9.90 Å². The summed E-state index contributed by atoms with van der Waals surface area (Å²) in [6, 6.07) is 9.77. The summed E-state index contributed by atoms with van der Waals surface area (Å²) in [5.41, 5.74) is 1.24. The average Bonchev–Trinajstić information content (AvgIpc) is 2.92. The number of amides is 1. The summed E-state index contributed by atoms with van der Waals surface area (Å²) in [5.74, 6) is -0.175. The Labute approximate surface area is 129 Å². The van der Waals surface area contributed by atoms with Crippen LogP contribution in [0.15, 0.2) is 57.4 Å². The number of rotatable bonds is 2. The molecular weight excluding hydrogens is 338 g/mol. The molecule has 3 rings (SSSR count). The van der Waals surface area contributed by atoms with Crippen molar-refractivity contribution >= 4 is 33.2 Å². The van der Waals surface area contributed by atoms with E-state index >= 15 is 0 Å². The molecule has 0 saturated carbocycles. The first-order valence-electron chi connectivity index (χ1n) is 6.10. The van der Waals surface area contributed by atoms with Crippen molar-refractivity contribution in [3.05, 3.63) is 68.5 Å². The number of aliphatic hydroxyl groups excluding tert-OH is 1. The highest BCUT2D eigenvalue weighted by molar-refractivity contribution is 9.10. The molecule has 1 unspecified atom stereocenters. The lowest BCUT2D eigenvalue weighted by atomic mass is 9.79. The molecule has 3 nitrogen and oxygen atoms in total. The molecule has 2 N–H and O–H groups in total. The molecule has 0 aliphatic carbocycles. The van der Waals surface area contributed by atoms with Gasteiger partial charge >= 0.3 is 0 Å². The third-order valence-electron chi connectivity index (χ3n) is 3.43. The molecule has 0 spiro atoms. The van der Waals surface area contributed by atoms with Crippen molar-refractivity contribution in [1.82, 2.24) is 5.32 Å². The number of aliphatic hydroxyl groups is 1. The Morgan fingerprint density at radius 2 is 1.95 bits per heavy atom. The first kappa shape index (κ1) is 13.4. The predicted octanol–water partition coefficient (Wildman–Crippen LogP) is 3.72. The van der Waals surface area contributed by atoms with Crippen LogP contribution in [0.2, 0.25) is 0 Å². The molecule has 0 fully saturated rings. The Bertz CT molecular complexity index is 664. The lowest BCUT2D eigenvalue weighted by Gasteiger charge is -2.37. The van der Waals surface area contributed by atoms with Crippen molar-refractivity contribution in [2.24, 2.45) is 0 Å². The fourth-order valence-corrected chi connectivity index (χ4v) is 3.52. The third-order valence-corrected chi connectivity index (χ3v) is 4.64. The second-order valence-electron chi connectivity index (χ2n) is 4.73. The van der Waals surface area contributed by atoms with Crippen LogP contribution in [0, 0.1) is 0 Å². The summed E-state index contributed by atoms with van der Waals surface area (Å²) in [7, 11) is 0. The lowest BCUT2D eigenvalue weighted by Crippen LogP contribution is -2.48. The second kappa shape index (κ2) is 5.07. The number of hydrogen-bond acceptors (Lipinski definition) is 3. The van der Waals surface area contributed by atoms with Gasteiger partial charge in [-0.1, -0.05) is 28.1 Å². The van der Waals surface area contributed by atoms with Gasteiger partial charge in [0.15, 0.2) is 0 Å². The lowest BCUT2D eigenvalue weighted by molar-refractivity contribution is -0.119. The van der Waals surface area contributed by atoms with Crippen molar-refractivity contribution in [1.29, 1.82) is 0 Å². The van der Waals surface area contributed by atoms with Gasteiger partial charge in [-0.3, -0.25) is 4.79 Å². The summed E-state index contributed by atoms with van der Waals surface area (Å²) >= 11 is 4.98. The topological polar surface area (TPSA) is 49.3 Å². The molecule has 20 heavy (non-hydrogen) atoms. The molecule has 2 heterocycles. The normalized spacial score (nSPS) is 22.2. The standard InChI is InChI=1S/C15H12BrNO2S/c16-12-3-1-10(2-4-12)15(11-5-6-20-9-11)8-13(18)7-14(19)17-15/h1-7,9,18H,8H2,(H,17,19). The number of nitrogens with one attached hydrogen (secondary N) is 1. The molecule has 0 saturated heterocycles. The van der Waals surface area contributed by atoms with Gasteiger partial charge in [0, 0.05) is 17.0 Å². The van der Waals surface area contributed by atoms with Gasteiger partial charge in [0.2, 0.25) is 5.91 Å². The van der Waals surface area contributed by atoms with Crippen LogP contribution in [0.4, 0.5) is 0 Å². The monoisotopic (exact) mass is 349 g/mol. The van der Waals surface area contributed by atoms with Gasteiger partial charge in [-0.05, 0) is 40.1 Å². The van der Waals surface area contributed by atoms with E-state index in [-0.39, 0.29) is 11.7 Å². The minimum absolute atomic E-state index is 0.0999. The summed E-state index contributed by atoms with van der Waals surface area (Å²) in [4.78, 5) is 11.9. The van der Waals surface area contributed by atoms with Gasteiger partial charge in [0.25, 0.3) is 0 Å². The number of benzene rings is 1. The molecule has 1 aliphatic rings. The fraction of sp³-hybridized carbons (Fsp3) is 0.133. The molecule has 2 aromatic rings. The number of thiophene rings is 1. The third kappa shape index (κ3) is 2.27. The van der Waals surface area contributed by atoms with Crippen molar-refractivity contribution in [2.45, 2.75) is 12.0 Å². The van der Waals surface area contributed by atoms with E-state index < -0.39 is 5.54 Å². The molecule has 1 amide bonds. The molecule has 1 aromatic heterocycles. The van der Waals surface area contributed by atoms with Crippen LogP contribution in [0.3, 0.4) is 0 Å². The Morgan fingerprint density at radius 3 is 2.55 bits per heavy atom. The second-order valence-corrected chi connectivity index (χ2v) is 6.42. The molecule has 0 bridgehead atoms. The maximum absolute atomic E-state index is 11.9. The van der Waals surface area contributed by atoms with E-state index in [4.69, 9.17) is 0 Å². The van der Waals surface area contributed by atoms with E-state index in [2.05, 4.69) is 21.2 Å². The number of hydrogen-bond donors (Lipinski definition) is 2. The molecule has 102 valence electrons. The van der Waals surface area contributed by atoms with Crippen LogP contribution in [0.5, 0.6) is 0 Å². The summed E-state index contributed by atoms with van der Waals surface area (Å²) in [5, 5.41) is 16.9. The van der Waals surface area contributed by atoms with Crippen LogP contribution >= 0.6 is 27.3 Å². The van der Waals surface area contributed by atoms with E-state index in [9.17, 15) is 9.90 Å². The zero-order valence-corrected chi connectivity index (χ0v) is 12.9. The Balaban J connectivity index is 2.16. The van der Waals surface area contributed by atoms with Crippen molar-refractivity contribution in [3.63, 3.8) is 0 Å². The van der Waals surface area contributed by atoms with Crippen LogP contribution < -0.4 is 5.32 Å². The quantitative estimate of drug-likeness (QED) is 0.867. The largest absolute Gasteiger partial charge is 0.512 e. The zero-order chi connectivity index (χ0) is 14.2. The van der Waals surface area contributed by atoms with Crippen LogP contribution in [0.25, 0.3) is 0 Å². The predicted molar refractivity (Wildman–Crippen MR) is 82.7 cm³/mol. The van der Waals surface area contributed by atoms with E-state index in [0.29, 0.717) is 6.42 Å². The van der Waals surface area contributed by atoms with E-state index in [0.717, 1.165) is 15.6 Å². The van der Waals surface area contributed by atoms with Crippen molar-refractivity contribution in [2.75, 3.05) is 0 Å². The molecule has 5 heteroatoms. The summed E-state index contributed by atoms with van der Waals surface area (Å²) in [6.07, 6.45) is 1.60. The smallest absolute Gasteiger partial charge is 0.248 e. The first-order chi connectivity index (χ1) is 9.60. The van der Waals surface area contributed by atoms with Gasteiger partial charge in [-0.25, -0.2) is 0 Å².